The first kappa shape index (κ1) is 12.1. The maximum atomic E-state index is 11.3. The molecule has 5 heteroatoms. The first-order valence-corrected chi connectivity index (χ1v) is 6.01. The number of benzene rings is 2. The van der Waals surface area contributed by atoms with Crippen molar-refractivity contribution in [1.82, 2.24) is 4.98 Å². The number of rotatable bonds is 3. The van der Waals surface area contributed by atoms with Crippen LogP contribution in [0.4, 0.5) is 5.69 Å². The van der Waals surface area contributed by atoms with E-state index < -0.39 is 4.92 Å². The maximum absolute atomic E-state index is 11.3. The van der Waals surface area contributed by atoms with Crippen LogP contribution in [-0.2, 0) is 0 Å². The number of hydrogen-bond acceptors (Lipinski definition) is 3. The molecule has 0 spiro atoms. The number of carbonyl (C=O) groups excluding carboxylic acids is 1. The van der Waals surface area contributed by atoms with Gasteiger partial charge in [0.2, 0.25) is 0 Å². The summed E-state index contributed by atoms with van der Waals surface area (Å²) in [4.78, 5) is 24.8. The lowest BCUT2D eigenvalue weighted by Gasteiger charge is -1.98. The van der Waals surface area contributed by atoms with Crippen molar-refractivity contribution in [2.75, 3.05) is 0 Å². The van der Waals surface area contributed by atoms with Crippen LogP contribution in [0.15, 0.2) is 48.5 Å². The number of nitro benzene ring substituents is 1. The molecule has 1 N–H and O–H groups in total. The Morgan fingerprint density at radius 3 is 2.50 bits per heavy atom. The minimum absolute atomic E-state index is 0.00388. The highest BCUT2D eigenvalue weighted by Gasteiger charge is 2.15. The Bertz CT molecular complexity index is 807. The second kappa shape index (κ2) is 4.62. The summed E-state index contributed by atoms with van der Waals surface area (Å²) in [5, 5.41) is 11.5. The van der Waals surface area contributed by atoms with Crippen molar-refractivity contribution >= 4 is 22.9 Å². The monoisotopic (exact) mass is 266 g/mol. The van der Waals surface area contributed by atoms with Crippen LogP contribution in [0.1, 0.15) is 10.4 Å². The van der Waals surface area contributed by atoms with Gasteiger partial charge in [-0.05, 0) is 11.6 Å². The van der Waals surface area contributed by atoms with Crippen molar-refractivity contribution in [2.45, 2.75) is 0 Å². The zero-order valence-electron chi connectivity index (χ0n) is 10.4. The number of carbonyl (C=O) groups is 1. The van der Waals surface area contributed by atoms with Crippen molar-refractivity contribution in [1.29, 1.82) is 0 Å². The van der Waals surface area contributed by atoms with Gasteiger partial charge in [-0.1, -0.05) is 30.3 Å². The molecule has 0 fully saturated rings. The number of fused-ring (bicyclic) bond motifs is 1. The van der Waals surface area contributed by atoms with Crippen LogP contribution in [-0.4, -0.2) is 16.2 Å². The van der Waals surface area contributed by atoms with Crippen LogP contribution in [0.5, 0.6) is 0 Å². The molecular formula is C15H10N2O3. The van der Waals surface area contributed by atoms with Gasteiger partial charge < -0.3 is 4.98 Å². The lowest BCUT2D eigenvalue weighted by molar-refractivity contribution is -0.384. The Labute approximate surface area is 114 Å². The van der Waals surface area contributed by atoms with E-state index in [0.29, 0.717) is 22.2 Å². The molecule has 0 bridgehead atoms. The Morgan fingerprint density at radius 1 is 1.10 bits per heavy atom. The van der Waals surface area contributed by atoms with E-state index in [-0.39, 0.29) is 5.69 Å². The topological polar surface area (TPSA) is 76.0 Å². The second-order valence-corrected chi connectivity index (χ2v) is 4.38. The van der Waals surface area contributed by atoms with Gasteiger partial charge >= 0.3 is 0 Å². The predicted molar refractivity (Wildman–Crippen MR) is 75.8 cm³/mol. The largest absolute Gasteiger partial charge is 0.354 e. The molecule has 0 amide bonds. The molecule has 1 aromatic heterocycles. The summed E-state index contributed by atoms with van der Waals surface area (Å²) in [7, 11) is 0. The van der Waals surface area contributed by atoms with E-state index in [1.807, 2.05) is 30.3 Å². The fraction of sp³-hybridized carbons (Fsp3) is 0. The van der Waals surface area contributed by atoms with E-state index in [2.05, 4.69) is 4.98 Å². The molecule has 0 unspecified atom stereocenters. The molecule has 0 aliphatic heterocycles. The van der Waals surface area contributed by atoms with E-state index in [9.17, 15) is 14.9 Å². The highest BCUT2D eigenvalue weighted by molar-refractivity contribution is 6.04. The minimum Gasteiger partial charge on any atom is -0.354 e. The number of nitrogens with zero attached hydrogens (tertiary/aromatic N) is 1. The normalized spacial score (nSPS) is 10.6. The summed E-state index contributed by atoms with van der Waals surface area (Å²) in [6, 6.07) is 13.8. The van der Waals surface area contributed by atoms with Gasteiger partial charge in [-0.15, -0.1) is 0 Å². The molecule has 2 aromatic carbocycles. The van der Waals surface area contributed by atoms with Gasteiger partial charge in [0.15, 0.2) is 6.29 Å². The predicted octanol–water partition coefficient (Wildman–Crippen LogP) is 3.56. The Hall–Kier alpha value is -2.95. The number of aldehydes is 1. The first-order valence-electron chi connectivity index (χ1n) is 6.01. The first-order chi connectivity index (χ1) is 9.70. The third-order valence-corrected chi connectivity index (χ3v) is 3.21. The fourth-order valence-electron chi connectivity index (χ4n) is 2.28. The number of hydrogen-bond donors (Lipinski definition) is 1. The van der Waals surface area contributed by atoms with Crippen molar-refractivity contribution < 1.29 is 9.72 Å². The lowest BCUT2D eigenvalue weighted by atomic mass is 10.1. The summed E-state index contributed by atoms with van der Waals surface area (Å²) in [6.07, 6.45) is 0.771. The van der Waals surface area contributed by atoms with Gasteiger partial charge in [-0.3, -0.25) is 14.9 Å². The van der Waals surface area contributed by atoms with E-state index in [0.717, 1.165) is 11.8 Å². The molecule has 1 heterocycles. The highest BCUT2D eigenvalue weighted by Crippen LogP contribution is 2.30. The average molecular weight is 266 g/mol. The van der Waals surface area contributed by atoms with Crippen molar-refractivity contribution in [2.24, 2.45) is 0 Å². The number of nitro groups is 1. The van der Waals surface area contributed by atoms with Crippen LogP contribution in [0, 0.1) is 10.1 Å². The van der Waals surface area contributed by atoms with E-state index in [4.69, 9.17) is 0 Å². The Balaban J connectivity index is 2.28. The van der Waals surface area contributed by atoms with Gasteiger partial charge in [-0.2, -0.15) is 0 Å². The summed E-state index contributed by atoms with van der Waals surface area (Å²) in [5.74, 6) is 0. The fourth-order valence-corrected chi connectivity index (χ4v) is 2.28. The molecule has 0 saturated heterocycles. The number of nitrogens with one attached hydrogen (secondary N) is 1. The standard InChI is InChI=1S/C15H10N2O3/c18-9-13-12-7-6-11(17(19)20)8-14(12)16-15(13)10-4-2-1-3-5-10/h1-9,16H. The van der Waals surface area contributed by atoms with E-state index >= 15 is 0 Å². The molecular weight excluding hydrogens is 256 g/mol. The summed E-state index contributed by atoms with van der Waals surface area (Å²) in [5.41, 5.74) is 2.64. The molecule has 98 valence electrons. The SMILES string of the molecule is O=Cc1c(-c2ccccc2)[nH]c2cc([N+](=O)[O-])ccc12. The maximum Gasteiger partial charge on any atom is 0.271 e. The molecule has 0 aliphatic rings. The number of H-pyrrole nitrogens is 1. The number of non-ortho nitro benzene ring substituents is 1. The molecule has 0 radical (unpaired) electrons. The van der Waals surface area contributed by atoms with Crippen LogP contribution >= 0.6 is 0 Å². The average Bonchev–Trinajstić information content (AvgIpc) is 2.85. The van der Waals surface area contributed by atoms with Gasteiger partial charge in [-0.25, -0.2) is 0 Å². The molecule has 3 rings (SSSR count). The molecule has 3 aromatic rings. The molecule has 5 nitrogen and oxygen atoms in total. The Kier molecular flexibility index (Phi) is 2.80. The molecule has 0 saturated carbocycles. The smallest absolute Gasteiger partial charge is 0.271 e. The summed E-state index contributed by atoms with van der Waals surface area (Å²) >= 11 is 0. The molecule has 0 atom stereocenters. The number of aromatic amines is 1. The summed E-state index contributed by atoms with van der Waals surface area (Å²) in [6.45, 7) is 0. The zero-order chi connectivity index (χ0) is 14.1. The number of aromatic nitrogens is 1. The lowest BCUT2D eigenvalue weighted by Crippen LogP contribution is -1.86. The third kappa shape index (κ3) is 1.85. The zero-order valence-corrected chi connectivity index (χ0v) is 10.4. The van der Waals surface area contributed by atoms with Crippen LogP contribution in [0.2, 0.25) is 0 Å². The van der Waals surface area contributed by atoms with Gasteiger partial charge in [0, 0.05) is 23.1 Å². The van der Waals surface area contributed by atoms with Crippen molar-refractivity contribution in [3.05, 3.63) is 64.2 Å². The van der Waals surface area contributed by atoms with Gasteiger partial charge in [0.1, 0.15) is 0 Å². The third-order valence-electron chi connectivity index (χ3n) is 3.21. The van der Waals surface area contributed by atoms with Crippen molar-refractivity contribution in [3.63, 3.8) is 0 Å². The second-order valence-electron chi connectivity index (χ2n) is 4.38. The van der Waals surface area contributed by atoms with Crippen LogP contribution in [0.25, 0.3) is 22.2 Å². The van der Waals surface area contributed by atoms with Gasteiger partial charge in [0.05, 0.1) is 16.1 Å². The quantitative estimate of drug-likeness (QED) is 0.447. The minimum atomic E-state index is -0.455. The van der Waals surface area contributed by atoms with E-state index in [1.54, 1.807) is 6.07 Å². The molecule has 0 aliphatic carbocycles. The Morgan fingerprint density at radius 2 is 1.85 bits per heavy atom. The van der Waals surface area contributed by atoms with Gasteiger partial charge in [0.25, 0.3) is 5.69 Å². The van der Waals surface area contributed by atoms with E-state index in [1.165, 1.54) is 12.1 Å². The summed E-state index contributed by atoms with van der Waals surface area (Å²) < 4.78 is 0. The highest BCUT2D eigenvalue weighted by atomic mass is 16.6. The van der Waals surface area contributed by atoms with Crippen molar-refractivity contribution in [3.8, 4) is 11.3 Å². The van der Waals surface area contributed by atoms with Crippen LogP contribution < -0.4 is 0 Å². The molecule has 20 heavy (non-hydrogen) atoms. The van der Waals surface area contributed by atoms with Crippen LogP contribution in [0.3, 0.4) is 0 Å².